The highest BCUT2D eigenvalue weighted by Crippen LogP contribution is 2.13. The van der Waals surface area contributed by atoms with Gasteiger partial charge in [0.05, 0.1) is 11.5 Å². The lowest BCUT2D eigenvalue weighted by Gasteiger charge is -2.23. The minimum Gasteiger partial charge on any atom is -0.353 e. The van der Waals surface area contributed by atoms with Gasteiger partial charge in [0.2, 0.25) is 5.91 Å². The van der Waals surface area contributed by atoms with Crippen LogP contribution in [0.1, 0.15) is 39.0 Å². The fraction of sp³-hybridized carbons (Fsp3) is 0.917. The van der Waals surface area contributed by atoms with Crippen molar-refractivity contribution in [2.45, 2.75) is 45.1 Å². The number of nitrogens with two attached hydrogens (primary N) is 1. The maximum atomic E-state index is 11.7. The van der Waals surface area contributed by atoms with Crippen molar-refractivity contribution >= 4 is 15.7 Å². The zero-order valence-electron chi connectivity index (χ0n) is 11.0. The molecule has 5 nitrogen and oxygen atoms in total. The Bertz CT molecular complexity index is 354. The van der Waals surface area contributed by atoms with Crippen molar-refractivity contribution in [2.75, 3.05) is 18.1 Å². The molecule has 0 aromatic carbocycles. The molecule has 0 radical (unpaired) electrons. The van der Waals surface area contributed by atoms with Gasteiger partial charge in [-0.3, -0.25) is 4.79 Å². The summed E-state index contributed by atoms with van der Waals surface area (Å²) in [5.41, 5.74) is 5.45. The third kappa shape index (κ3) is 5.82. The Kier molecular flexibility index (Phi) is 6.08. The van der Waals surface area contributed by atoms with Crippen LogP contribution in [0.25, 0.3) is 0 Å². The molecule has 1 amide bonds. The number of hydrogen-bond acceptors (Lipinski definition) is 4. The predicted octanol–water partition coefficient (Wildman–Crippen LogP) is 0.445. The van der Waals surface area contributed by atoms with Gasteiger partial charge in [-0.2, -0.15) is 0 Å². The van der Waals surface area contributed by atoms with Crippen LogP contribution in [0, 0.1) is 5.92 Å². The van der Waals surface area contributed by atoms with Crippen LogP contribution >= 0.6 is 0 Å². The van der Waals surface area contributed by atoms with E-state index in [-0.39, 0.29) is 23.5 Å². The van der Waals surface area contributed by atoms with Crippen LogP contribution < -0.4 is 11.1 Å². The molecule has 1 atom stereocenters. The normalized spacial score (nSPS) is 21.4. The summed E-state index contributed by atoms with van der Waals surface area (Å²) in [6.45, 7) is 2.75. The topological polar surface area (TPSA) is 89.3 Å². The van der Waals surface area contributed by atoms with Gasteiger partial charge in [0, 0.05) is 12.5 Å². The van der Waals surface area contributed by atoms with Crippen LogP contribution in [-0.4, -0.2) is 38.4 Å². The Hall–Kier alpha value is -0.620. The molecule has 0 aliphatic carbocycles. The van der Waals surface area contributed by atoms with E-state index in [1.54, 1.807) is 0 Å². The van der Waals surface area contributed by atoms with Crippen molar-refractivity contribution in [1.29, 1.82) is 0 Å². The number of carbonyl (C=O) groups excluding carboxylic acids is 1. The third-order valence-corrected chi connectivity index (χ3v) is 5.16. The average Bonchev–Trinajstić information content (AvgIpc) is 2.30. The molecule has 0 spiro atoms. The molecule has 1 unspecified atom stereocenters. The number of sulfone groups is 1. The first kappa shape index (κ1) is 15.4. The summed E-state index contributed by atoms with van der Waals surface area (Å²) >= 11 is 0. The highest BCUT2D eigenvalue weighted by Gasteiger charge is 2.24. The molecule has 0 aromatic rings. The zero-order valence-corrected chi connectivity index (χ0v) is 11.8. The van der Waals surface area contributed by atoms with Gasteiger partial charge in [-0.05, 0) is 38.1 Å². The minimum absolute atomic E-state index is 0.0307. The summed E-state index contributed by atoms with van der Waals surface area (Å²) in [4.78, 5) is 11.7. The molecule has 1 saturated heterocycles. The van der Waals surface area contributed by atoms with Gasteiger partial charge in [-0.25, -0.2) is 8.42 Å². The first-order chi connectivity index (χ1) is 8.43. The zero-order chi connectivity index (χ0) is 13.6. The van der Waals surface area contributed by atoms with Gasteiger partial charge in [-0.15, -0.1) is 0 Å². The highest BCUT2D eigenvalue weighted by molar-refractivity contribution is 7.91. The number of hydrogen-bond donors (Lipinski definition) is 2. The van der Waals surface area contributed by atoms with E-state index in [1.807, 2.05) is 0 Å². The summed E-state index contributed by atoms with van der Waals surface area (Å²) < 4.78 is 22.5. The fourth-order valence-corrected chi connectivity index (χ4v) is 3.63. The summed E-state index contributed by atoms with van der Waals surface area (Å²) in [6, 6.07) is 0.0332. The maximum Gasteiger partial charge on any atom is 0.220 e. The van der Waals surface area contributed by atoms with E-state index in [4.69, 9.17) is 5.73 Å². The van der Waals surface area contributed by atoms with E-state index in [9.17, 15) is 13.2 Å². The van der Waals surface area contributed by atoms with Crippen molar-refractivity contribution < 1.29 is 13.2 Å². The van der Waals surface area contributed by atoms with E-state index in [0.717, 1.165) is 12.8 Å². The molecule has 1 aliphatic rings. The predicted molar refractivity (Wildman–Crippen MR) is 71.9 cm³/mol. The second kappa shape index (κ2) is 7.09. The van der Waals surface area contributed by atoms with Crippen LogP contribution in [0.4, 0.5) is 0 Å². The molecular formula is C12H24N2O3S. The molecule has 3 N–H and O–H groups in total. The van der Waals surface area contributed by atoms with Crippen molar-refractivity contribution in [3.63, 3.8) is 0 Å². The number of carbonyl (C=O) groups is 1. The first-order valence-electron chi connectivity index (χ1n) is 6.63. The van der Waals surface area contributed by atoms with Gasteiger partial charge in [-0.1, -0.05) is 6.92 Å². The molecule has 0 bridgehead atoms. The third-order valence-electron chi connectivity index (χ3n) is 3.44. The van der Waals surface area contributed by atoms with Gasteiger partial charge in [0.15, 0.2) is 0 Å². The van der Waals surface area contributed by atoms with Gasteiger partial charge < -0.3 is 11.1 Å². The molecular weight excluding hydrogens is 252 g/mol. The van der Waals surface area contributed by atoms with Crippen LogP contribution in [0.15, 0.2) is 0 Å². The Labute approximate surface area is 109 Å². The van der Waals surface area contributed by atoms with E-state index >= 15 is 0 Å². The molecule has 1 rings (SSSR count). The van der Waals surface area contributed by atoms with Crippen molar-refractivity contribution in [3.05, 3.63) is 0 Å². The van der Waals surface area contributed by atoms with Gasteiger partial charge in [0.25, 0.3) is 0 Å². The first-order valence-corrected chi connectivity index (χ1v) is 8.45. The largest absolute Gasteiger partial charge is 0.353 e. The molecule has 0 aromatic heterocycles. The van der Waals surface area contributed by atoms with Crippen molar-refractivity contribution in [1.82, 2.24) is 5.32 Å². The molecule has 6 heteroatoms. The smallest absolute Gasteiger partial charge is 0.220 e. The van der Waals surface area contributed by atoms with E-state index in [1.165, 1.54) is 0 Å². The lowest BCUT2D eigenvalue weighted by molar-refractivity contribution is -0.122. The molecule has 106 valence electrons. The van der Waals surface area contributed by atoms with E-state index < -0.39 is 9.84 Å². The molecule has 1 fully saturated rings. The Morgan fingerprint density at radius 3 is 2.50 bits per heavy atom. The fourth-order valence-electron chi connectivity index (χ4n) is 2.14. The summed E-state index contributed by atoms with van der Waals surface area (Å²) in [5.74, 6) is 0.888. The lowest BCUT2D eigenvalue weighted by atomic mass is 10.0. The Balaban J connectivity index is 2.21. The van der Waals surface area contributed by atoms with Gasteiger partial charge >= 0.3 is 0 Å². The lowest BCUT2D eigenvalue weighted by Crippen LogP contribution is -2.40. The van der Waals surface area contributed by atoms with Gasteiger partial charge in [0.1, 0.15) is 9.84 Å². The quantitative estimate of drug-likeness (QED) is 0.737. The van der Waals surface area contributed by atoms with Crippen molar-refractivity contribution in [3.8, 4) is 0 Å². The number of amides is 1. The van der Waals surface area contributed by atoms with Crippen LogP contribution in [0.3, 0.4) is 0 Å². The second-order valence-electron chi connectivity index (χ2n) is 5.21. The average molecular weight is 276 g/mol. The van der Waals surface area contributed by atoms with Crippen molar-refractivity contribution in [2.24, 2.45) is 11.7 Å². The van der Waals surface area contributed by atoms with E-state index in [2.05, 4.69) is 12.2 Å². The molecule has 1 aliphatic heterocycles. The highest BCUT2D eigenvalue weighted by atomic mass is 32.2. The minimum atomic E-state index is -2.85. The van der Waals surface area contributed by atoms with Crippen LogP contribution in [-0.2, 0) is 14.6 Å². The SMILES string of the molecule is CC(CCN)CCC(=O)NC1CCS(=O)(=O)CC1. The summed E-state index contributed by atoms with van der Waals surface area (Å²) in [5, 5.41) is 2.92. The summed E-state index contributed by atoms with van der Waals surface area (Å²) in [7, 11) is -2.85. The standard InChI is InChI=1S/C12H24N2O3S/c1-10(4-7-13)2-3-12(15)14-11-5-8-18(16,17)9-6-11/h10-11H,2-9,13H2,1H3,(H,14,15). The maximum absolute atomic E-state index is 11.7. The Morgan fingerprint density at radius 1 is 1.33 bits per heavy atom. The van der Waals surface area contributed by atoms with E-state index in [0.29, 0.717) is 31.7 Å². The molecule has 0 saturated carbocycles. The molecule has 1 heterocycles. The molecule has 18 heavy (non-hydrogen) atoms. The number of rotatable bonds is 6. The van der Waals surface area contributed by atoms with Crippen LogP contribution in [0.5, 0.6) is 0 Å². The Morgan fingerprint density at radius 2 is 1.94 bits per heavy atom. The summed E-state index contributed by atoms with van der Waals surface area (Å²) in [6.07, 6.45) is 3.38. The van der Waals surface area contributed by atoms with Crippen LogP contribution in [0.2, 0.25) is 0 Å². The number of nitrogens with one attached hydrogen (secondary N) is 1. The second-order valence-corrected chi connectivity index (χ2v) is 7.52. The monoisotopic (exact) mass is 276 g/mol.